The Kier molecular flexibility index (Phi) is 4.49. The molecule has 0 saturated carbocycles. The summed E-state index contributed by atoms with van der Waals surface area (Å²) in [7, 11) is 0. The molecule has 0 bridgehead atoms. The number of aromatic nitrogens is 1. The highest BCUT2D eigenvalue weighted by molar-refractivity contribution is 5.77. The van der Waals surface area contributed by atoms with Gasteiger partial charge in [-0.1, -0.05) is 0 Å². The molecule has 1 aromatic heterocycles. The minimum atomic E-state index is -0.468. The number of carbonyl (C=O) groups is 1. The molecule has 7 nitrogen and oxygen atoms in total. The Labute approximate surface area is 117 Å². The third-order valence-corrected chi connectivity index (χ3v) is 3.29. The van der Waals surface area contributed by atoms with Gasteiger partial charge in [-0.15, -0.1) is 0 Å². The summed E-state index contributed by atoms with van der Waals surface area (Å²) in [6, 6.07) is 1.47. The van der Waals surface area contributed by atoms with E-state index in [0.29, 0.717) is 13.0 Å². The van der Waals surface area contributed by atoms with E-state index in [-0.39, 0.29) is 17.4 Å². The monoisotopic (exact) mass is 278 g/mol. The molecule has 1 amide bonds. The van der Waals surface area contributed by atoms with Crippen molar-refractivity contribution in [2.75, 3.05) is 25.0 Å². The van der Waals surface area contributed by atoms with Crippen LogP contribution in [-0.4, -0.2) is 40.3 Å². The Morgan fingerprint density at radius 3 is 2.85 bits per heavy atom. The van der Waals surface area contributed by atoms with E-state index < -0.39 is 4.92 Å². The number of aryl methyl sites for hydroxylation is 1. The number of pyridine rings is 1. The number of likely N-dealkylation sites (tertiary alicyclic amines) is 1. The molecule has 1 saturated heterocycles. The zero-order chi connectivity index (χ0) is 14.5. The Bertz CT molecular complexity index is 512. The molecule has 0 unspecified atom stereocenters. The maximum atomic E-state index is 11.8. The summed E-state index contributed by atoms with van der Waals surface area (Å²) >= 11 is 0. The normalized spacial score (nSPS) is 14.3. The average molecular weight is 278 g/mol. The predicted molar refractivity (Wildman–Crippen MR) is 74.5 cm³/mol. The molecule has 2 rings (SSSR count). The summed E-state index contributed by atoms with van der Waals surface area (Å²) in [6.07, 6.45) is 4.01. The molecule has 1 aromatic rings. The number of anilines is 1. The van der Waals surface area contributed by atoms with Gasteiger partial charge in [0, 0.05) is 38.3 Å². The number of nitrogens with one attached hydrogen (secondary N) is 1. The molecule has 108 valence electrons. The first-order valence-electron chi connectivity index (χ1n) is 6.70. The van der Waals surface area contributed by atoms with Crippen LogP contribution in [0.1, 0.15) is 24.8 Å². The van der Waals surface area contributed by atoms with Gasteiger partial charge in [-0.3, -0.25) is 14.9 Å². The summed E-state index contributed by atoms with van der Waals surface area (Å²) in [5.41, 5.74) is 0.675. The number of rotatable bonds is 5. The van der Waals surface area contributed by atoms with Crippen LogP contribution in [0, 0.1) is 17.0 Å². The first-order valence-corrected chi connectivity index (χ1v) is 6.70. The quantitative estimate of drug-likeness (QED) is 0.654. The van der Waals surface area contributed by atoms with Crippen LogP contribution in [-0.2, 0) is 4.79 Å². The van der Waals surface area contributed by atoms with Crippen LogP contribution >= 0.6 is 0 Å². The van der Waals surface area contributed by atoms with Crippen LogP contribution in [0.4, 0.5) is 11.5 Å². The Balaban J connectivity index is 1.90. The van der Waals surface area contributed by atoms with Gasteiger partial charge in [0.15, 0.2) is 0 Å². The van der Waals surface area contributed by atoms with E-state index in [9.17, 15) is 14.9 Å². The van der Waals surface area contributed by atoms with Crippen molar-refractivity contribution in [1.29, 1.82) is 0 Å². The molecule has 2 heterocycles. The van der Waals surface area contributed by atoms with Gasteiger partial charge in [-0.05, 0) is 25.3 Å². The SMILES string of the molecule is Cc1cnc(NCCC(=O)N2CCCC2)c([N+](=O)[O-])c1. The molecule has 20 heavy (non-hydrogen) atoms. The lowest BCUT2D eigenvalue weighted by Crippen LogP contribution is -2.29. The maximum Gasteiger partial charge on any atom is 0.311 e. The van der Waals surface area contributed by atoms with Crippen molar-refractivity contribution < 1.29 is 9.72 Å². The number of nitro groups is 1. The second kappa shape index (κ2) is 6.31. The van der Waals surface area contributed by atoms with Crippen molar-refractivity contribution in [3.8, 4) is 0 Å². The molecule has 0 aromatic carbocycles. The summed E-state index contributed by atoms with van der Waals surface area (Å²) in [5, 5.41) is 13.8. The lowest BCUT2D eigenvalue weighted by molar-refractivity contribution is -0.384. The van der Waals surface area contributed by atoms with Crippen LogP contribution in [0.15, 0.2) is 12.3 Å². The number of carbonyl (C=O) groups excluding carboxylic acids is 1. The van der Waals surface area contributed by atoms with E-state index >= 15 is 0 Å². The van der Waals surface area contributed by atoms with Crippen LogP contribution in [0.5, 0.6) is 0 Å². The van der Waals surface area contributed by atoms with Crippen molar-refractivity contribution in [3.63, 3.8) is 0 Å². The van der Waals surface area contributed by atoms with Gasteiger partial charge in [-0.25, -0.2) is 4.98 Å². The lowest BCUT2D eigenvalue weighted by Gasteiger charge is -2.15. The molecule has 1 aliphatic rings. The smallest absolute Gasteiger partial charge is 0.311 e. The van der Waals surface area contributed by atoms with Gasteiger partial charge in [0.25, 0.3) is 0 Å². The first kappa shape index (κ1) is 14.2. The second-order valence-corrected chi connectivity index (χ2v) is 4.90. The minimum Gasteiger partial charge on any atom is -0.364 e. The molecular weight excluding hydrogens is 260 g/mol. The Hall–Kier alpha value is -2.18. The Morgan fingerprint density at radius 1 is 1.50 bits per heavy atom. The number of nitrogens with zero attached hydrogens (tertiary/aromatic N) is 3. The van der Waals surface area contributed by atoms with Crippen LogP contribution in [0.2, 0.25) is 0 Å². The van der Waals surface area contributed by atoms with E-state index in [1.807, 2.05) is 4.90 Å². The van der Waals surface area contributed by atoms with Crippen molar-refractivity contribution in [2.24, 2.45) is 0 Å². The van der Waals surface area contributed by atoms with Gasteiger partial charge in [0.1, 0.15) is 0 Å². The molecule has 0 spiro atoms. The fraction of sp³-hybridized carbons (Fsp3) is 0.538. The van der Waals surface area contributed by atoms with Crippen LogP contribution in [0.3, 0.4) is 0 Å². The van der Waals surface area contributed by atoms with E-state index in [0.717, 1.165) is 31.5 Å². The highest BCUT2D eigenvalue weighted by atomic mass is 16.6. The number of hydrogen-bond acceptors (Lipinski definition) is 5. The zero-order valence-electron chi connectivity index (χ0n) is 11.5. The summed E-state index contributed by atoms with van der Waals surface area (Å²) in [4.78, 5) is 28.2. The van der Waals surface area contributed by atoms with Gasteiger partial charge >= 0.3 is 5.69 Å². The van der Waals surface area contributed by atoms with Crippen LogP contribution in [0.25, 0.3) is 0 Å². The van der Waals surface area contributed by atoms with Gasteiger partial charge in [-0.2, -0.15) is 0 Å². The topological polar surface area (TPSA) is 88.4 Å². The lowest BCUT2D eigenvalue weighted by atomic mass is 10.3. The predicted octanol–water partition coefficient (Wildman–Crippen LogP) is 1.72. The zero-order valence-corrected chi connectivity index (χ0v) is 11.5. The third-order valence-electron chi connectivity index (χ3n) is 3.29. The fourth-order valence-electron chi connectivity index (χ4n) is 2.24. The second-order valence-electron chi connectivity index (χ2n) is 4.90. The molecule has 0 atom stereocenters. The van der Waals surface area contributed by atoms with E-state index in [1.165, 1.54) is 6.07 Å². The van der Waals surface area contributed by atoms with Crippen molar-refractivity contribution in [3.05, 3.63) is 27.9 Å². The van der Waals surface area contributed by atoms with Crippen molar-refractivity contribution in [2.45, 2.75) is 26.2 Å². The minimum absolute atomic E-state index is 0.0568. The standard InChI is InChI=1S/C13H18N4O3/c1-10-8-11(17(19)20)13(15-9-10)14-5-4-12(18)16-6-2-3-7-16/h8-9H,2-7H2,1H3,(H,14,15). The average Bonchev–Trinajstić information content (AvgIpc) is 2.94. The van der Waals surface area contributed by atoms with Gasteiger partial charge in [0.05, 0.1) is 4.92 Å². The molecule has 0 aliphatic carbocycles. The molecule has 1 N–H and O–H groups in total. The maximum absolute atomic E-state index is 11.8. The molecule has 7 heteroatoms. The summed E-state index contributed by atoms with van der Waals surface area (Å²) in [5.74, 6) is 0.305. The van der Waals surface area contributed by atoms with Crippen LogP contribution < -0.4 is 5.32 Å². The highest BCUT2D eigenvalue weighted by Crippen LogP contribution is 2.22. The molecular formula is C13H18N4O3. The molecule has 1 aliphatic heterocycles. The fourth-order valence-corrected chi connectivity index (χ4v) is 2.24. The summed E-state index contributed by atoms with van der Waals surface area (Å²) < 4.78 is 0. The molecule has 1 fully saturated rings. The van der Waals surface area contributed by atoms with E-state index in [1.54, 1.807) is 13.1 Å². The largest absolute Gasteiger partial charge is 0.364 e. The first-order chi connectivity index (χ1) is 9.58. The van der Waals surface area contributed by atoms with Gasteiger partial charge in [0.2, 0.25) is 11.7 Å². The van der Waals surface area contributed by atoms with E-state index in [4.69, 9.17) is 0 Å². The van der Waals surface area contributed by atoms with Gasteiger partial charge < -0.3 is 10.2 Å². The summed E-state index contributed by atoms with van der Waals surface area (Å²) in [6.45, 7) is 3.75. The van der Waals surface area contributed by atoms with Crippen molar-refractivity contribution >= 4 is 17.4 Å². The van der Waals surface area contributed by atoms with E-state index in [2.05, 4.69) is 10.3 Å². The Morgan fingerprint density at radius 2 is 2.20 bits per heavy atom. The third kappa shape index (κ3) is 3.43. The molecule has 0 radical (unpaired) electrons. The number of amides is 1. The highest BCUT2D eigenvalue weighted by Gasteiger charge is 2.19. The van der Waals surface area contributed by atoms with Crippen molar-refractivity contribution in [1.82, 2.24) is 9.88 Å². The number of hydrogen-bond donors (Lipinski definition) is 1.